The Morgan fingerprint density at radius 1 is 0.962 bits per heavy atom. The number of fused-ring (bicyclic) bond motifs is 4. The number of anilines is 4. The first-order chi connectivity index (χ1) is 37.2. The van der Waals surface area contributed by atoms with Crippen LogP contribution >= 0.6 is 0 Å². The predicted octanol–water partition coefficient (Wildman–Crippen LogP) is 8.62. The number of benzene rings is 3. The quantitative estimate of drug-likeness (QED) is 0.0759. The second kappa shape index (κ2) is 19.5. The van der Waals surface area contributed by atoms with Crippen molar-refractivity contribution < 1.29 is 55.7 Å². The summed E-state index contributed by atoms with van der Waals surface area (Å²) in [5.74, 6) is -0.736. The highest BCUT2D eigenvalue weighted by Crippen LogP contribution is 2.54. The van der Waals surface area contributed by atoms with Crippen molar-refractivity contribution in [2.45, 2.75) is 138 Å². The maximum absolute atomic E-state index is 16.3. The number of aromatic amines is 1. The molecule has 0 radical (unpaired) electrons. The van der Waals surface area contributed by atoms with Crippen molar-refractivity contribution in [3.05, 3.63) is 93.9 Å². The molecular weight excluding hydrogens is 1030 g/mol. The molecule has 0 bridgehead atoms. The number of piperidine rings is 1. The summed E-state index contributed by atoms with van der Waals surface area (Å²) in [6.07, 6.45) is 5.36. The van der Waals surface area contributed by atoms with E-state index in [2.05, 4.69) is 62.7 Å². The van der Waals surface area contributed by atoms with Gasteiger partial charge in [0.25, 0.3) is 21.6 Å². The third-order valence-electron chi connectivity index (χ3n) is 17.3. The van der Waals surface area contributed by atoms with Gasteiger partial charge < -0.3 is 48.9 Å². The van der Waals surface area contributed by atoms with Crippen LogP contribution in [-0.4, -0.2) is 133 Å². The molecule has 2 aliphatic carbocycles. The fourth-order valence-corrected chi connectivity index (χ4v) is 14.0. The van der Waals surface area contributed by atoms with E-state index in [1.54, 1.807) is 25.1 Å². The van der Waals surface area contributed by atoms with Crippen LogP contribution in [0.1, 0.15) is 107 Å². The maximum Gasteiger partial charge on any atom is 0.297 e. The van der Waals surface area contributed by atoms with E-state index in [1.165, 1.54) is 6.20 Å². The molecule has 5 aliphatic heterocycles. The lowest BCUT2D eigenvalue weighted by Crippen LogP contribution is -2.58. The van der Waals surface area contributed by atoms with Gasteiger partial charge in [-0.05, 0) is 121 Å². The van der Waals surface area contributed by atoms with E-state index in [1.807, 2.05) is 23.1 Å². The van der Waals surface area contributed by atoms with E-state index >= 15 is 8.78 Å². The van der Waals surface area contributed by atoms with E-state index in [9.17, 15) is 28.4 Å². The second-order valence-electron chi connectivity index (χ2n) is 23.7. The zero-order chi connectivity index (χ0) is 54.5. The number of nitrogens with zero attached hydrogens (tertiary/aromatic N) is 5. The molecule has 4 N–H and O–H groups in total. The van der Waals surface area contributed by atoms with E-state index in [0.29, 0.717) is 43.7 Å². The van der Waals surface area contributed by atoms with Gasteiger partial charge in [0, 0.05) is 61.9 Å². The molecule has 2 aromatic heterocycles. The molecule has 3 saturated heterocycles. The van der Waals surface area contributed by atoms with Crippen LogP contribution in [0.5, 0.6) is 17.4 Å². The number of rotatable bonds is 10. The molecule has 3 aromatic carbocycles. The van der Waals surface area contributed by atoms with Crippen molar-refractivity contribution >= 4 is 55.4 Å². The van der Waals surface area contributed by atoms with Gasteiger partial charge in [-0.15, -0.1) is 0 Å². The van der Waals surface area contributed by atoms with Gasteiger partial charge in [-0.2, -0.15) is 4.98 Å². The van der Waals surface area contributed by atoms with Crippen LogP contribution in [0.25, 0.3) is 11.0 Å². The first-order valence-corrected chi connectivity index (χ1v) is 28.6. The summed E-state index contributed by atoms with van der Waals surface area (Å²) in [5.41, 5.74) is -1.18. The van der Waals surface area contributed by atoms with Crippen LogP contribution < -0.4 is 34.0 Å². The fraction of sp³-hybridized carbons (Fsp3) is 0.536. The Balaban J connectivity index is 0.833. The topological polar surface area (TPSA) is 223 Å². The average Bonchev–Trinajstić information content (AvgIpc) is 3.94. The van der Waals surface area contributed by atoms with Crippen molar-refractivity contribution in [2.75, 3.05) is 67.8 Å². The normalized spacial score (nSPS) is 27.3. The van der Waals surface area contributed by atoms with Crippen LogP contribution in [0, 0.1) is 21.3 Å². The molecule has 19 nitrogen and oxygen atoms in total. The number of aromatic nitrogens is 2. The number of sulfonamides is 1. The standard InChI is InChI=1S/C56H66F2N8O11S/c1-53(2,3)77-45-8-6-5-7-36(45)44-30-74-22-20-64(44)34-27-55(28-34)16-18-63(19-17-55)33-9-10-37(41(23-33)65-40-11-21-73-31-47(40)76-52-43(65)26-38-39(57)29-59-50(38)61-52)51(67)62-78(71,72)35-24-42(66(69)70)49-46(25-35)75-32-48(60-49)56(58)14-12-54(4,68)13-15-56/h5-10,23-26,29,34,40,44,47-48,60,68H,11-22,27-28,30-32H2,1-4H3,(H,59,61)(H,62,67)/t40-,44-,47-,48-,54?,56?/m0/s1. The van der Waals surface area contributed by atoms with Crippen molar-refractivity contribution in [3.8, 4) is 17.4 Å². The molecule has 1 spiro atoms. The number of nitro groups is 1. The molecule has 2 saturated carbocycles. The van der Waals surface area contributed by atoms with Crippen LogP contribution in [0.3, 0.4) is 0 Å². The van der Waals surface area contributed by atoms with Crippen LogP contribution in [0.2, 0.25) is 0 Å². The first kappa shape index (κ1) is 52.4. The largest absolute Gasteiger partial charge is 0.489 e. The van der Waals surface area contributed by atoms with Gasteiger partial charge in [0.05, 0.1) is 70.0 Å². The molecule has 12 rings (SSSR count). The van der Waals surface area contributed by atoms with E-state index in [4.69, 9.17) is 23.7 Å². The molecule has 4 atom stereocenters. The van der Waals surface area contributed by atoms with Crippen molar-refractivity contribution in [1.29, 1.82) is 0 Å². The smallest absolute Gasteiger partial charge is 0.297 e. The van der Waals surface area contributed by atoms with Gasteiger partial charge in [0.1, 0.15) is 46.9 Å². The number of halogens is 2. The summed E-state index contributed by atoms with van der Waals surface area (Å²) in [4.78, 5) is 40.3. The minimum Gasteiger partial charge on any atom is -0.489 e. The highest BCUT2D eigenvalue weighted by molar-refractivity contribution is 7.90. The molecule has 5 fully saturated rings. The minimum atomic E-state index is -4.87. The lowest BCUT2D eigenvalue weighted by atomic mass is 9.59. The van der Waals surface area contributed by atoms with E-state index in [0.717, 1.165) is 74.5 Å². The Morgan fingerprint density at radius 3 is 2.47 bits per heavy atom. The summed E-state index contributed by atoms with van der Waals surface area (Å²) < 4.78 is 93.4. The lowest BCUT2D eigenvalue weighted by molar-refractivity contribution is -0.384. The molecule has 1 amide bonds. The van der Waals surface area contributed by atoms with Crippen molar-refractivity contribution in [1.82, 2.24) is 19.6 Å². The fourth-order valence-electron chi connectivity index (χ4n) is 13.0. The van der Waals surface area contributed by atoms with Crippen LogP contribution in [0.4, 0.5) is 37.2 Å². The monoisotopic (exact) mass is 1100 g/mol. The highest BCUT2D eigenvalue weighted by Gasteiger charge is 2.51. The number of para-hydroxylation sites is 1. The second-order valence-corrected chi connectivity index (χ2v) is 25.4. The Bertz CT molecular complexity index is 3270. The number of alkyl halides is 1. The molecular formula is C56H66F2N8O11S. The summed E-state index contributed by atoms with van der Waals surface area (Å²) >= 11 is 0. The summed E-state index contributed by atoms with van der Waals surface area (Å²) in [6, 6.07) is 16.0. The van der Waals surface area contributed by atoms with Gasteiger partial charge in [-0.25, -0.2) is 21.9 Å². The van der Waals surface area contributed by atoms with Gasteiger partial charge >= 0.3 is 0 Å². The molecule has 7 aliphatic rings. The van der Waals surface area contributed by atoms with Crippen LogP contribution in [0.15, 0.2) is 71.8 Å². The Hall–Kier alpha value is -6.33. The summed E-state index contributed by atoms with van der Waals surface area (Å²) in [5, 5.41) is 26.2. The van der Waals surface area contributed by atoms with E-state index in [-0.39, 0.29) is 89.9 Å². The average molecular weight is 1100 g/mol. The number of amides is 1. The van der Waals surface area contributed by atoms with Gasteiger partial charge in [-0.3, -0.25) is 19.8 Å². The third-order valence-corrected chi connectivity index (χ3v) is 18.6. The number of carbonyl (C=O) groups is 1. The summed E-state index contributed by atoms with van der Waals surface area (Å²) in [7, 11) is -4.87. The highest BCUT2D eigenvalue weighted by atomic mass is 32.2. The molecule has 78 heavy (non-hydrogen) atoms. The Labute approximate surface area is 451 Å². The number of hydrogen-bond acceptors (Lipinski definition) is 16. The number of pyridine rings is 1. The number of morpholine rings is 1. The maximum atomic E-state index is 16.3. The zero-order valence-electron chi connectivity index (χ0n) is 44.2. The van der Waals surface area contributed by atoms with Crippen molar-refractivity contribution in [2.24, 2.45) is 5.41 Å². The summed E-state index contributed by atoms with van der Waals surface area (Å²) in [6.45, 7) is 11.6. The number of ether oxygens (including phenoxy) is 5. The third kappa shape index (κ3) is 9.74. The molecule has 416 valence electrons. The first-order valence-electron chi connectivity index (χ1n) is 27.1. The number of nitro benzene ring substituents is 1. The number of aliphatic hydroxyl groups is 1. The zero-order valence-corrected chi connectivity index (χ0v) is 45.0. The van der Waals surface area contributed by atoms with E-state index < -0.39 is 66.7 Å². The molecule has 5 aromatic rings. The SMILES string of the molecule is CC1(O)CCC(F)([C@@H]2COc3cc(S(=O)(=O)NC(=O)c4ccc(N5CCC6(CC5)CC(N5CCOC[C@H]5c5ccccc5OC(C)(C)C)C6)cc4N4c5cc6c(F)c[nH]c6nc5O[C@H]5COCC[C@@H]54)cc([N+](=O)[O-])c3N2)CC1. The minimum absolute atomic E-state index is 0.0122. The van der Waals surface area contributed by atoms with Gasteiger partial charge in [0.15, 0.2) is 11.4 Å². The van der Waals surface area contributed by atoms with Crippen LogP contribution in [-0.2, 0) is 19.5 Å². The Morgan fingerprint density at radius 2 is 1.72 bits per heavy atom. The molecule has 7 heterocycles. The Kier molecular flexibility index (Phi) is 13.1. The number of H-pyrrole nitrogens is 1. The molecule has 22 heteroatoms. The lowest BCUT2D eigenvalue weighted by Gasteiger charge is -2.57. The van der Waals surface area contributed by atoms with Crippen molar-refractivity contribution in [3.63, 3.8) is 0 Å². The predicted molar refractivity (Wildman–Crippen MR) is 286 cm³/mol. The number of nitrogens with one attached hydrogen (secondary N) is 3. The van der Waals surface area contributed by atoms with Gasteiger partial charge in [-0.1, -0.05) is 18.2 Å². The number of carbonyl (C=O) groups excluding carboxylic acids is 1. The molecule has 0 unspecified atom stereocenters. The number of hydrogen-bond donors (Lipinski definition) is 4. The van der Waals surface area contributed by atoms with Gasteiger partial charge in [0.2, 0.25) is 5.88 Å².